The summed E-state index contributed by atoms with van der Waals surface area (Å²) in [5.74, 6) is -0.400. The van der Waals surface area contributed by atoms with E-state index in [2.05, 4.69) is 36.9 Å². The minimum absolute atomic E-state index is 0.00378. The fraction of sp³-hybridized carbons (Fsp3) is 0.526. The van der Waals surface area contributed by atoms with E-state index in [0.717, 1.165) is 23.2 Å². The van der Waals surface area contributed by atoms with Crippen LogP contribution in [0.4, 0.5) is 11.8 Å². The molecular formula is C19H28N8O21P4. The summed E-state index contributed by atoms with van der Waals surface area (Å²) in [6, 6.07) is 0.873. The number of nitrogens with two attached hydrogens (primary N) is 2. The van der Waals surface area contributed by atoms with Crippen molar-refractivity contribution in [3.63, 3.8) is 0 Å². The summed E-state index contributed by atoms with van der Waals surface area (Å²) in [5.41, 5.74) is 9.66. The molecule has 12 atom stereocenters. The number of hydrogen-bond acceptors (Lipinski definition) is 22. The maximum absolute atomic E-state index is 12.4. The van der Waals surface area contributed by atoms with Crippen molar-refractivity contribution in [3.8, 4) is 0 Å². The zero-order valence-corrected chi connectivity index (χ0v) is 28.9. The van der Waals surface area contributed by atoms with Gasteiger partial charge in [0.25, 0.3) is 5.56 Å². The molecule has 5 heterocycles. The van der Waals surface area contributed by atoms with Gasteiger partial charge in [-0.1, -0.05) is 0 Å². The largest absolute Gasteiger partial charge is 0.490 e. The quantitative estimate of drug-likeness (QED) is 0.0696. The van der Waals surface area contributed by atoms with Gasteiger partial charge in [-0.2, -0.15) is 12.9 Å². The number of nitrogens with zero attached hydrogens (tertiary/aromatic N) is 5. The van der Waals surface area contributed by atoms with Gasteiger partial charge in [0.15, 0.2) is 29.4 Å². The Hall–Kier alpha value is -2.85. The minimum atomic E-state index is -6.24. The van der Waals surface area contributed by atoms with Crippen LogP contribution in [0.2, 0.25) is 0 Å². The second-order valence-electron chi connectivity index (χ2n) is 10.6. The van der Waals surface area contributed by atoms with Crippen LogP contribution in [-0.2, 0) is 49.7 Å². The van der Waals surface area contributed by atoms with Crippen LogP contribution in [0.1, 0.15) is 12.5 Å². The SMILES string of the molecule is Nc1ncnc2c1nc(N)n2[C@H]1O[C@H](COP(=O)(O)OP(=O)(O)OP(=O)(O)OP(=O)(O)OC[C@H]2O[C@@H](n3ccc(=O)[nH]c3=O)[C@H](O)[C@@H]2O)[C@@H](O)[C@H]1O. The van der Waals surface area contributed by atoms with Crippen LogP contribution in [0.25, 0.3) is 11.2 Å². The molecule has 52 heavy (non-hydrogen) atoms. The molecular weight excluding hydrogens is 800 g/mol. The molecule has 0 saturated carbocycles. The summed E-state index contributed by atoms with van der Waals surface area (Å²) >= 11 is 0. The molecule has 3 aromatic rings. The van der Waals surface area contributed by atoms with Gasteiger partial charge < -0.3 is 60.9 Å². The van der Waals surface area contributed by atoms with Crippen molar-refractivity contribution in [3.05, 3.63) is 39.4 Å². The number of phosphoric ester groups is 2. The van der Waals surface area contributed by atoms with Crippen LogP contribution in [0.3, 0.4) is 0 Å². The first kappa shape index (κ1) is 40.3. The molecule has 0 aliphatic carbocycles. The van der Waals surface area contributed by atoms with E-state index in [1.54, 1.807) is 0 Å². The summed E-state index contributed by atoms with van der Waals surface area (Å²) in [4.78, 5) is 76.1. The molecule has 0 amide bonds. The Morgan fingerprint density at radius 3 is 1.81 bits per heavy atom. The number of fused-ring (bicyclic) bond motifs is 1. The highest BCUT2D eigenvalue weighted by atomic mass is 31.3. The van der Waals surface area contributed by atoms with E-state index in [9.17, 15) is 67.8 Å². The van der Waals surface area contributed by atoms with Crippen LogP contribution in [0, 0.1) is 0 Å². The second-order valence-corrected chi connectivity index (χ2v) is 16.8. The number of aromatic nitrogens is 6. The number of phosphoric acid groups is 4. The third kappa shape index (κ3) is 8.91. The van der Waals surface area contributed by atoms with Crippen molar-refractivity contribution in [2.75, 3.05) is 24.7 Å². The number of aliphatic hydroxyl groups is 4. The molecule has 2 saturated heterocycles. The monoisotopic (exact) mass is 828 g/mol. The zero-order valence-electron chi connectivity index (χ0n) is 25.3. The topological polar surface area (TPSA) is 445 Å². The van der Waals surface area contributed by atoms with Crippen LogP contribution in [0.15, 0.2) is 28.2 Å². The number of H-pyrrole nitrogens is 1. The van der Waals surface area contributed by atoms with Crippen LogP contribution >= 0.6 is 31.3 Å². The third-order valence-electron chi connectivity index (χ3n) is 7.01. The van der Waals surface area contributed by atoms with Crippen molar-refractivity contribution in [1.82, 2.24) is 29.1 Å². The Labute approximate surface area is 286 Å². The molecule has 290 valence electrons. The highest BCUT2D eigenvalue weighted by Gasteiger charge is 2.50. The Morgan fingerprint density at radius 2 is 1.27 bits per heavy atom. The molecule has 0 spiro atoms. The van der Waals surface area contributed by atoms with E-state index >= 15 is 0 Å². The van der Waals surface area contributed by atoms with E-state index in [-0.39, 0.29) is 22.9 Å². The zero-order chi connectivity index (χ0) is 38.6. The van der Waals surface area contributed by atoms with Crippen molar-refractivity contribution < 1.29 is 89.7 Å². The molecule has 5 rings (SSSR count). The Bertz CT molecular complexity index is 2130. The van der Waals surface area contributed by atoms with Crippen molar-refractivity contribution in [1.29, 1.82) is 0 Å². The maximum Gasteiger partial charge on any atom is 0.490 e. The molecule has 4 unspecified atom stereocenters. The Morgan fingerprint density at radius 1 is 0.769 bits per heavy atom. The van der Waals surface area contributed by atoms with E-state index < -0.39 is 105 Å². The van der Waals surface area contributed by atoms with Gasteiger partial charge in [0, 0.05) is 12.3 Å². The molecule has 2 fully saturated rings. The summed E-state index contributed by atoms with van der Waals surface area (Å²) < 4.78 is 81.9. The van der Waals surface area contributed by atoms with Gasteiger partial charge in [-0.25, -0.2) is 38.0 Å². The van der Waals surface area contributed by atoms with Gasteiger partial charge in [0.2, 0.25) is 5.95 Å². The number of rotatable bonds is 14. The van der Waals surface area contributed by atoms with Crippen LogP contribution in [0.5, 0.6) is 0 Å². The van der Waals surface area contributed by atoms with Crippen molar-refractivity contribution in [2.24, 2.45) is 0 Å². The molecule has 2 aliphatic heterocycles. The third-order valence-corrected chi connectivity index (χ3v) is 12.9. The number of hydrogen-bond donors (Lipinski definition) is 11. The number of imidazole rings is 1. The number of nitrogen functional groups attached to an aromatic ring is 2. The number of nitrogens with one attached hydrogen (secondary N) is 1. The lowest BCUT2D eigenvalue weighted by Gasteiger charge is -2.21. The van der Waals surface area contributed by atoms with E-state index in [4.69, 9.17) is 20.9 Å². The summed E-state index contributed by atoms with van der Waals surface area (Å²) in [6.07, 6.45) is -12.2. The molecule has 0 radical (unpaired) electrons. The lowest BCUT2D eigenvalue weighted by molar-refractivity contribution is -0.0542. The normalized spacial score (nSPS) is 31.2. The average Bonchev–Trinajstić information content (AvgIpc) is 3.59. The average molecular weight is 828 g/mol. The Kier molecular flexibility index (Phi) is 11.5. The highest BCUT2D eigenvalue weighted by Crippen LogP contribution is 2.71. The van der Waals surface area contributed by atoms with Crippen LogP contribution < -0.4 is 22.7 Å². The van der Waals surface area contributed by atoms with E-state index in [1.807, 2.05) is 4.98 Å². The fourth-order valence-corrected chi connectivity index (χ4v) is 9.75. The second kappa shape index (κ2) is 14.8. The molecule has 29 nitrogen and oxygen atoms in total. The van der Waals surface area contributed by atoms with Gasteiger partial charge in [-0.15, -0.1) is 0 Å². The first-order valence-electron chi connectivity index (χ1n) is 13.8. The van der Waals surface area contributed by atoms with Gasteiger partial charge >= 0.3 is 37.0 Å². The summed E-state index contributed by atoms with van der Waals surface area (Å²) in [5, 5.41) is 41.4. The van der Waals surface area contributed by atoms with E-state index in [1.165, 1.54) is 0 Å². The standard InChI is InChI=1S/C19H28N8O21P4/c20-14-9-15(23-5-22-14)27(18(21)25-9)17-13(32)11(30)7(45-17)4-43-50(36,37)47-52(40,41)48-51(38,39)46-49(34,35)42-3-6-10(29)12(31)16(44-6)26-2-1-8(28)24-19(26)33/h1-2,5-7,10-13,16-17,29-32H,3-4H2,(H2,21,25)(H,34,35)(H,36,37)(H,38,39)(H,40,41)(H2,20,22,23)(H,24,28,33)/t6-,7-,10-,11-,12-,13-,16-,17+/m1/s1. The number of aromatic amines is 1. The molecule has 2 aliphatic rings. The minimum Gasteiger partial charge on any atom is -0.387 e. The lowest BCUT2D eigenvalue weighted by Crippen LogP contribution is -2.37. The predicted molar refractivity (Wildman–Crippen MR) is 162 cm³/mol. The maximum atomic E-state index is 12.4. The van der Waals surface area contributed by atoms with Crippen LogP contribution in [-0.4, -0.2) is 119 Å². The highest BCUT2D eigenvalue weighted by molar-refractivity contribution is 7.69. The Balaban J connectivity index is 1.15. The smallest absolute Gasteiger partial charge is 0.387 e. The first-order chi connectivity index (χ1) is 24.0. The number of anilines is 2. The van der Waals surface area contributed by atoms with E-state index in [0.29, 0.717) is 4.57 Å². The van der Waals surface area contributed by atoms with Gasteiger partial charge in [0.1, 0.15) is 43.0 Å². The summed E-state index contributed by atoms with van der Waals surface area (Å²) in [6.45, 7) is -2.37. The molecule has 0 bridgehead atoms. The predicted octanol–water partition coefficient (Wildman–Crippen LogP) is -3.74. The van der Waals surface area contributed by atoms with Gasteiger partial charge in [-0.3, -0.25) is 28.0 Å². The number of ether oxygens (including phenoxy) is 2. The van der Waals surface area contributed by atoms with Gasteiger partial charge in [-0.05, 0) is 0 Å². The fourth-order valence-electron chi connectivity index (χ4n) is 4.80. The molecule has 3 aromatic heterocycles. The van der Waals surface area contributed by atoms with Crippen molar-refractivity contribution in [2.45, 2.75) is 49.1 Å². The molecule has 13 N–H and O–H groups in total. The first-order valence-corrected chi connectivity index (χ1v) is 19.8. The molecule has 0 aromatic carbocycles. The number of aliphatic hydroxyl groups excluding tert-OH is 4. The summed E-state index contributed by atoms with van der Waals surface area (Å²) in [7, 11) is -24.1. The lowest BCUT2D eigenvalue weighted by atomic mass is 10.1. The van der Waals surface area contributed by atoms with Crippen molar-refractivity contribution >= 4 is 54.2 Å². The molecule has 33 heteroatoms. The van der Waals surface area contributed by atoms with Gasteiger partial charge in [0.05, 0.1) is 13.2 Å².